The lowest BCUT2D eigenvalue weighted by atomic mass is 9.74. The van der Waals surface area contributed by atoms with E-state index < -0.39 is 9.84 Å². The maximum Gasteiger partial charge on any atom is 0.150 e. The highest BCUT2D eigenvalue weighted by atomic mass is 35.5. The Morgan fingerprint density at radius 1 is 1.45 bits per heavy atom. The van der Waals surface area contributed by atoms with Gasteiger partial charge in [-0.15, -0.1) is 23.2 Å². The highest BCUT2D eigenvalue weighted by Crippen LogP contribution is 2.41. The lowest BCUT2D eigenvalue weighted by Crippen LogP contribution is -2.36. The zero-order valence-corrected chi connectivity index (χ0v) is 13.9. The van der Waals surface area contributed by atoms with Crippen molar-refractivity contribution >= 4 is 33.0 Å². The second-order valence-electron chi connectivity index (χ2n) is 5.68. The minimum atomic E-state index is -2.92. The maximum absolute atomic E-state index is 11.7. The van der Waals surface area contributed by atoms with Crippen LogP contribution in [0, 0.1) is 11.3 Å². The lowest BCUT2D eigenvalue weighted by Gasteiger charge is -2.35. The number of nitrogens with zero attached hydrogens (tertiary/aromatic N) is 2. The van der Waals surface area contributed by atoms with Crippen LogP contribution < -0.4 is 0 Å². The molecule has 0 N–H and O–H groups in total. The molecule has 1 saturated heterocycles. The van der Waals surface area contributed by atoms with Gasteiger partial charge in [-0.05, 0) is 18.8 Å². The van der Waals surface area contributed by atoms with E-state index in [-0.39, 0.29) is 22.8 Å². The summed E-state index contributed by atoms with van der Waals surface area (Å²) in [4.78, 5) is 4.30. The zero-order valence-electron chi connectivity index (χ0n) is 11.6. The highest BCUT2D eigenvalue weighted by molar-refractivity contribution is 7.91. The molecular formula is C13H20Cl2N2O2S. The molecule has 0 radical (unpaired) electrons. The van der Waals surface area contributed by atoms with Crippen LogP contribution in [0.15, 0.2) is 12.4 Å². The fraction of sp³-hybridized carbons (Fsp3) is 0.769. The van der Waals surface area contributed by atoms with Crippen LogP contribution in [0.5, 0.6) is 0 Å². The molecule has 114 valence electrons. The van der Waals surface area contributed by atoms with E-state index in [9.17, 15) is 8.42 Å². The standard InChI is InChI=1S/C13H20Cl2N2O2S/c1-17-6-5-16-12(17)2-4-13(9-14,10-15)11-3-7-20(18,19)8-11/h5-6,11H,2-4,7-10H2,1H3. The van der Waals surface area contributed by atoms with Gasteiger partial charge in [-0.3, -0.25) is 0 Å². The van der Waals surface area contributed by atoms with Crippen LogP contribution in [-0.4, -0.2) is 41.2 Å². The van der Waals surface area contributed by atoms with Crippen molar-refractivity contribution in [2.24, 2.45) is 18.4 Å². The van der Waals surface area contributed by atoms with Crippen LogP contribution in [0.3, 0.4) is 0 Å². The number of hydrogen-bond donors (Lipinski definition) is 0. The SMILES string of the molecule is Cn1ccnc1CCC(CCl)(CCl)C1CCS(=O)(=O)C1. The Morgan fingerprint density at radius 3 is 2.60 bits per heavy atom. The van der Waals surface area contributed by atoms with Gasteiger partial charge in [-0.25, -0.2) is 13.4 Å². The normalized spacial score (nSPS) is 22.2. The third-order valence-corrected chi connectivity index (χ3v) is 7.23. The van der Waals surface area contributed by atoms with Gasteiger partial charge in [0.15, 0.2) is 9.84 Å². The average molecular weight is 339 g/mol. The molecule has 0 spiro atoms. The largest absolute Gasteiger partial charge is 0.338 e. The molecule has 4 nitrogen and oxygen atoms in total. The average Bonchev–Trinajstić information content (AvgIpc) is 2.98. The summed E-state index contributed by atoms with van der Waals surface area (Å²) >= 11 is 12.3. The summed E-state index contributed by atoms with van der Waals surface area (Å²) in [6.45, 7) is 0. The molecule has 0 aromatic carbocycles. The number of rotatable bonds is 6. The summed E-state index contributed by atoms with van der Waals surface area (Å²) in [5.74, 6) is 2.29. The third-order valence-electron chi connectivity index (χ3n) is 4.40. The Labute approximate surface area is 130 Å². The van der Waals surface area contributed by atoms with E-state index in [2.05, 4.69) is 4.98 Å². The number of alkyl halides is 2. The van der Waals surface area contributed by atoms with Crippen LogP contribution >= 0.6 is 23.2 Å². The quantitative estimate of drug-likeness (QED) is 0.747. The van der Waals surface area contributed by atoms with Gasteiger partial charge < -0.3 is 4.57 Å². The van der Waals surface area contributed by atoms with Crippen LogP contribution in [0.25, 0.3) is 0 Å². The summed E-state index contributed by atoms with van der Waals surface area (Å²) < 4.78 is 25.4. The molecule has 0 aliphatic carbocycles. The molecule has 1 aromatic rings. The predicted octanol–water partition coefficient (Wildman–Crippen LogP) is 2.25. The fourth-order valence-corrected chi connectivity index (χ4v) is 5.80. The first kappa shape index (κ1) is 16.1. The summed E-state index contributed by atoms with van der Waals surface area (Å²) in [7, 11) is -0.967. The summed E-state index contributed by atoms with van der Waals surface area (Å²) in [6, 6.07) is 0. The molecule has 1 aromatic heterocycles. The first-order chi connectivity index (χ1) is 9.42. The Hall–Kier alpha value is -0.260. The number of imidazole rings is 1. The lowest BCUT2D eigenvalue weighted by molar-refractivity contribution is 0.225. The monoisotopic (exact) mass is 338 g/mol. The minimum Gasteiger partial charge on any atom is -0.338 e. The van der Waals surface area contributed by atoms with E-state index in [1.165, 1.54) is 0 Å². The van der Waals surface area contributed by atoms with Gasteiger partial charge in [0, 0.05) is 43.0 Å². The zero-order chi connectivity index (χ0) is 14.8. The molecule has 1 aliphatic heterocycles. The molecular weight excluding hydrogens is 319 g/mol. The van der Waals surface area contributed by atoms with Crippen molar-refractivity contribution in [3.8, 4) is 0 Å². The summed E-state index contributed by atoms with van der Waals surface area (Å²) in [5.41, 5.74) is -0.321. The molecule has 1 unspecified atom stereocenters. The number of halogens is 2. The highest BCUT2D eigenvalue weighted by Gasteiger charge is 2.43. The number of aryl methyl sites for hydroxylation is 2. The molecule has 0 amide bonds. The molecule has 2 heterocycles. The Bertz CT molecular complexity index is 552. The van der Waals surface area contributed by atoms with Crippen molar-refractivity contribution in [2.45, 2.75) is 19.3 Å². The molecule has 0 saturated carbocycles. The van der Waals surface area contributed by atoms with E-state index in [4.69, 9.17) is 23.2 Å². The maximum atomic E-state index is 11.7. The van der Waals surface area contributed by atoms with Gasteiger partial charge in [0.2, 0.25) is 0 Å². The molecule has 1 aliphatic rings. The van der Waals surface area contributed by atoms with Crippen LogP contribution in [0.4, 0.5) is 0 Å². The molecule has 1 atom stereocenters. The fourth-order valence-electron chi connectivity index (χ4n) is 2.87. The molecule has 7 heteroatoms. The smallest absolute Gasteiger partial charge is 0.150 e. The Morgan fingerprint density at radius 2 is 2.15 bits per heavy atom. The van der Waals surface area contributed by atoms with Crippen molar-refractivity contribution in [3.05, 3.63) is 18.2 Å². The Balaban J connectivity index is 2.11. The van der Waals surface area contributed by atoms with Crippen LogP contribution in [-0.2, 0) is 23.3 Å². The second kappa shape index (κ2) is 6.24. The van der Waals surface area contributed by atoms with E-state index in [0.29, 0.717) is 18.2 Å². The molecule has 1 fully saturated rings. The van der Waals surface area contributed by atoms with E-state index in [1.54, 1.807) is 6.20 Å². The molecule has 0 bridgehead atoms. The Kier molecular flexibility index (Phi) is 5.03. The first-order valence-electron chi connectivity index (χ1n) is 6.71. The van der Waals surface area contributed by atoms with Gasteiger partial charge in [0.05, 0.1) is 11.5 Å². The third kappa shape index (κ3) is 3.31. The van der Waals surface area contributed by atoms with Crippen molar-refractivity contribution in [1.82, 2.24) is 9.55 Å². The van der Waals surface area contributed by atoms with Gasteiger partial charge in [0.1, 0.15) is 5.82 Å². The van der Waals surface area contributed by atoms with Gasteiger partial charge in [-0.2, -0.15) is 0 Å². The van der Waals surface area contributed by atoms with Crippen molar-refractivity contribution in [2.75, 3.05) is 23.3 Å². The summed E-state index contributed by atoms with van der Waals surface area (Å²) in [5, 5.41) is 0. The predicted molar refractivity (Wildman–Crippen MR) is 82.2 cm³/mol. The van der Waals surface area contributed by atoms with Crippen molar-refractivity contribution in [1.29, 1.82) is 0 Å². The summed E-state index contributed by atoms with van der Waals surface area (Å²) in [6.07, 6.45) is 5.86. The first-order valence-corrected chi connectivity index (χ1v) is 9.60. The second-order valence-corrected chi connectivity index (χ2v) is 8.45. The van der Waals surface area contributed by atoms with Gasteiger partial charge in [0.25, 0.3) is 0 Å². The minimum absolute atomic E-state index is 0.0581. The van der Waals surface area contributed by atoms with Gasteiger partial charge >= 0.3 is 0 Å². The van der Waals surface area contributed by atoms with E-state index in [0.717, 1.165) is 18.7 Å². The van der Waals surface area contributed by atoms with E-state index in [1.807, 2.05) is 17.8 Å². The van der Waals surface area contributed by atoms with Crippen LogP contribution in [0.1, 0.15) is 18.7 Å². The van der Waals surface area contributed by atoms with E-state index >= 15 is 0 Å². The molecule has 20 heavy (non-hydrogen) atoms. The number of sulfone groups is 1. The van der Waals surface area contributed by atoms with Gasteiger partial charge in [-0.1, -0.05) is 0 Å². The molecule has 2 rings (SSSR count). The van der Waals surface area contributed by atoms with Crippen molar-refractivity contribution < 1.29 is 8.42 Å². The number of aromatic nitrogens is 2. The van der Waals surface area contributed by atoms with Crippen LogP contribution in [0.2, 0.25) is 0 Å². The number of hydrogen-bond acceptors (Lipinski definition) is 3. The van der Waals surface area contributed by atoms with Crippen molar-refractivity contribution in [3.63, 3.8) is 0 Å². The topological polar surface area (TPSA) is 52.0 Å².